The van der Waals surface area contributed by atoms with Crippen molar-refractivity contribution in [2.45, 2.75) is 37.7 Å². The summed E-state index contributed by atoms with van der Waals surface area (Å²) < 4.78 is 4.79. The van der Waals surface area contributed by atoms with Crippen LogP contribution in [0.3, 0.4) is 0 Å². The summed E-state index contributed by atoms with van der Waals surface area (Å²) in [6, 6.07) is 0. The van der Waals surface area contributed by atoms with Gasteiger partial charge >= 0.3 is 12.1 Å². The van der Waals surface area contributed by atoms with Crippen LogP contribution in [0.1, 0.15) is 32.1 Å². The molecule has 1 saturated carbocycles. The Balaban J connectivity index is 1.50. The van der Waals surface area contributed by atoms with E-state index in [1.807, 2.05) is 0 Å². The molecule has 1 saturated heterocycles. The lowest BCUT2D eigenvalue weighted by Gasteiger charge is -2.43. The first-order valence-corrected chi connectivity index (χ1v) is 7.34. The summed E-state index contributed by atoms with van der Waals surface area (Å²) >= 11 is 0. The number of esters is 1. The molecule has 3 rings (SSSR count). The van der Waals surface area contributed by atoms with Gasteiger partial charge in [-0.05, 0) is 25.7 Å². The van der Waals surface area contributed by atoms with Crippen molar-refractivity contribution in [3.63, 3.8) is 0 Å². The summed E-state index contributed by atoms with van der Waals surface area (Å²) in [6.45, 7) is 0.791. The number of hydrogen-bond acceptors (Lipinski definition) is 5. The largest absolute Gasteiger partial charge is 0.469 e. The van der Waals surface area contributed by atoms with Gasteiger partial charge in [0.25, 0.3) is 0 Å². The topological polar surface area (TPSA) is 88.4 Å². The second-order valence-corrected chi connectivity index (χ2v) is 6.24. The second-order valence-electron chi connectivity index (χ2n) is 6.24. The second kappa shape index (κ2) is 5.20. The van der Waals surface area contributed by atoms with Crippen LogP contribution in [-0.2, 0) is 14.4 Å². The van der Waals surface area contributed by atoms with Gasteiger partial charge in [0, 0.05) is 12.3 Å². The fourth-order valence-corrected chi connectivity index (χ4v) is 3.55. The summed E-state index contributed by atoms with van der Waals surface area (Å²) in [5.74, 6) is 0.240. The van der Waals surface area contributed by atoms with Crippen molar-refractivity contribution in [2.75, 3.05) is 20.2 Å². The van der Waals surface area contributed by atoms with Crippen LogP contribution < -0.4 is 0 Å². The average molecular weight is 296 g/mol. The maximum Gasteiger partial charge on any atom is 0.407 e. The van der Waals surface area contributed by atoms with E-state index in [4.69, 9.17) is 14.7 Å². The van der Waals surface area contributed by atoms with Gasteiger partial charge in [0.1, 0.15) is 0 Å². The minimum Gasteiger partial charge on any atom is -0.469 e. The Morgan fingerprint density at radius 1 is 1.33 bits per heavy atom. The van der Waals surface area contributed by atoms with Crippen molar-refractivity contribution in [2.24, 2.45) is 17.0 Å². The highest BCUT2D eigenvalue weighted by atomic mass is 16.7. The van der Waals surface area contributed by atoms with Gasteiger partial charge in [-0.3, -0.25) is 9.69 Å². The smallest absolute Gasteiger partial charge is 0.407 e. The molecule has 0 unspecified atom stereocenters. The molecule has 1 spiro atoms. The minimum absolute atomic E-state index is 0.00864. The minimum atomic E-state index is -0.906. The molecule has 0 bridgehead atoms. The van der Waals surface area contributed by atoms with Crippen LogP contribution in [0.2, 0.25) is 0 Å². The lowest BCUT2D eigenvalue weighted by molar-refractivity contribution is -0.146. The van der Waals surface area contributed by atoms with Gasteiger partial charge < -0.3 is 14.7 Å². The zero-order valence-corrected chi connectivity index (χ0v) is 12.1. The number of carbonyl (C=O) groups is 2. The average Bonchev–Trinajstić information content (AvgIpc) is 2.90. The Morgan fingerprint density at radius 3 is 2.57 bits per heavy atom. The number of nitrogens with zero attached hydrogens (tertiary/aromatic N) is 2. The number of oxime groups is 1. The third-order valence-corrected chi connectivity index (χ3v) is 4.82. The third kappa shape index (κ3) is 2.56. The quantitative estimate of drug-likeness (QED) is 0.780. The lowest BCUT2D eigenvalue weighted by Crippen LogP contribution is -2.63. The van der Waals surface area contributed by atoms with Crippen molar-refractivity contribution < 1.29 is 24.3 Å². The van der Waals surface area contributed by atoms with E-state index in [9.17, 15) is 9.59 Å². The summed E-state index contributed by atoms with van der Waals surface area (Å²) in [4.78, 5) is 29.2. The number of ether oxygens (including phenoxy) is 1. The maximum atomic E-state index is 11.5. The van der Waals surface area contributed by atoms with Crippen LogP contribution in [0.5, 0.6) is 0 Å². The van der Waals surface area contributed by atoms with Crippen molar-refractivity contribution >= 4 is 17.8 Å². The first kappa shape index (κ1) is 14.2. The number of likely N-dealkylation sites (tertiary alicyclic amines) is 1. The normalized spacial score (nSPS) is 30.3. The van der Waals surface area contributed by atoms with Gasteiger partial charge in [0.05, 0.1) is 31.8 Å². The maximum absolute atomic E-state index is 11.5. The first-order valence-electron chi connectivity index (χ1n) is 7.34. The molecule has 0 atom stereocenters. The van der Waals surface area contributed by atoms with E-state index in [2.05, 4.69) is 5.16 Å². The predicted molar refractivity (Wildman–Crippen MR) is 72.9 cm³/mol. The Hall–Kier alpha value is -1.79. The fraction of sp³-hybridized carbons (Fsp3) is 0.786. The first-order chi connectivity index (χ1) is 10.0. The molecule has 0 aromatic heterocycles. The third-order valence-electron chi connectivity index (χ3n) is 4.82. The van der Waals surface area contributed by atoms with Crippen LogP contribution >= 0.6 is 0 Å². The number of carboxylic acid groups (broad SMARTS) is 1. The van der Waals surface area contributed by atoms with Crippen LogP contribution in [0, 0.1) is 11.8 Å². The number of hydrogen-bond donors (Lipinski definition) is 1. The molecule has 2 aliphatic heterocycles. The molecule has 1 N–H and O–H groups in total. The van der Waals surface area contributed by atoms with E-state index in [1.165, 1.54) is 12.0 Å². The Morgan fingerprint density at radius 2 is 2.00 bits per heavy atom. The van der Waals surface area contributed by atoms with Gasteiger partial charge in [0.15, 0.2) is 5.60 Å². The lowest BCUT2D eigenvalue weighted by atomic mass is 9.76. The zero-order chi connectivity index (χ0) is 15.0. The van der Waals surface area contributed by atoms with E-state index in [0.717, 1.165) is 31.4 Å². The van der Waals surface area contributed by atoms with Crippen molar-refractivity contribution in [1.82, 2.24) is 4.90 Å². The summed E-state index contributed by atoms with van der Waals surface area (Å²) in [5.41, 5.74) is 0.607. The van der Waals surface area contributed by atoms with Crippen molar-refractivity contribution in [1.29, 1.82) is 0 Å². The molecule has 7 nitrogen and oxygen atoms in total. The van der Waals surface area contributed by atoms with Crippen LogP contribution in [0.4, 0.5) is 4.79 Å². The summed E-state index contributed by atoms with van der Waals surface area (Å²) in [7, 11) is 1.43. The molecule has 1 aliphatic carbocycles. The highest BCUT2D eigenvalue weighted by Gasteiger charge is 2.52. The Labute approximate surface area is 122 Å². The molecule has 2 fully saturated rings. The van der Waals surface area contributed by atoms with Gasteiger partial charge in [-0.2, -0.15) is 0 Å². The number of methoxy groups -OCH3 is 1. The molecule has 21 heavy (non-hydrogen) atoms. The van der Waals surface area contributed by atoms with Gasteiger partial charge in [-0.15, -0.1) is 0 Å². The standard InChI is InChI=1S/C14H20N2O5/c1-20-12(17)10-4-2-9(3-5-10)11-6-14(21-15-11)7-16(8-14)13(18)19/h9-10H,2-8H2,1H3,(H,18,19)/t9-,10-. The molecule has 3 aliphatic rings. The highest BCUT2D eigenvalue weighted by Crippen LogP contribution is 2.39. The van der Waals surface area contributed by atoms with E-state index in [-0.39, 0.29) is 11.9 Å². The summed E-state index contributed by atoms with van der Waals surface area (Å²) in [5, 5.41) is 13.1. The van der Waals surface area contributed by atoms with Crippen LogP contribution in [0.25, 0.3) is 0 Å². The molecule has 0 aromatic carbocycles. The summed E-state index contributed by atoms with van der Waals surface area (Å²) in [6.07, 6.45) is 3.29. The molecular formula is C14H20N2O5. The van der Waals surface area contributed by atoms with E-state index >= 15 is 0 Å². The molecule has 7 heteroatoms. The molecule has 0 radical (unpaired) electrons. The number of rotatable bonds is 2. The SMILES string of the molecule is COC(=O)[C@H]1CC[C@H](C2=NOC3(C2)CN(C(=O)O)C3)CC1. The molecular weight excluding hydrogens is 276 g/mol. The molecule has 1 amide bonds. The number of carbonyl (C=O) groups excluding carboxylic acids is 1. The van der Waals surface area contributed by atoms with Crippen molar-refractivity contribution in [3.8, 4) is 0 Å². The Kier molecular flexibility index (Phi) is 3.51. The molecule has 116 valence electrons. The van der Waals surface area contributed by atoms with Gasteiger partial charge in [-0.25, -0.2) is 4.79 Å². The fourth-order valence-electron chi connectivity index (χ4n) is 3.55. The predicted octanol–water partition coefficient (Wildman–Crippen LogP) is 1.47. The zero-order valence-electron chi connectivity index (χ0n) is 12.1. The Bertz CT molecular complexity index is 476. The highest BCUT2D eigenvalue weighted by molar-refractivity contribution is 5.89. The van der Waals surface area contributed by atoms with E-state index in [1.54, 1.807) is 0 Å². The number of amides is 1. The monoisotopic (exact) mass is 296 g/mol. The van der Waals surface area contributed by atoms with Crippen molar-refractivity contribution in [3.05, 3.63) is 0 Å². The van der Waals surface area contributed by atoms with E-state index in [0.29, 0.717) is 25.4 Å². The molecule has 0 aromatic rings. The van der Waals surface area contributed by atoms with Crippen LogP contribution in [-0.4, -0.2) is 53.6 Å². The van der Waals surface area contributed by atoms with Gasteiger partial charge in [0.2, 0.25) is 0 Å². The molecule has 2 heterocycles. The van der Waals surface area contributed by atoms with Gasteiger partial charge in [-0.1, -0.05) is 5.16 Å². The van der Waals surface area contributed by atoms with Crippen LogP contribution in [0.15, 0.2) is 5.16 Å². The van der Waals surface area contributed by atoms with E-state index < -0.39 is 11.7 Å².